The van der Waals surface area contributed by atoms with Crippen molar-refractivity contribution in [2.75, 3.05) is 11.9 Å². The summed E-state index contributed by atoms with van der Waals surface area (Å²) in [6.45, 7) is 2.95. The maximum Gasteiger partial charge on any atom is 0.243 e. The smallest absolute Gasteiger partial charge is 0.243 e. The molecule has 0 aliphatic carbocycles. The SMILES string of the molecule is Cc1ccc(-c2nnc(NC(=O)[C@H]3CCCCN3)s2)cc1. The first-order valence-electron chi connectivity index (χ1n) is 7.17. The van der Waals surface area contributed by atoms with Gasteiger partial charge in [0.25, 0.3) is 0 Å². The third-order valence-electron chi connectivity index (χ3n) is 3.58. The van der Waals surface area contributed by atoms with Gasteiger partial charge in [0.05, 0.1) is 6.04 Å². The standard InChI is InChI=1S/C15H18N4OS/c1-10-5-7-11(8-6-10)14-18-19-15(21-14)17-13(20)12-4-2-3-9-16-12/h5-8,12,16H,2-4,9H2,1H3,(H,17,19,20)/t12-/m1/s1. The predicted molar refractivity (Wildman–Crippen MR) is 84.4 cm³/mol. The van der Waals surface area contributed by atoms with E-state index in [1.807, 2.05) is 31.2 Å². The number of amides is 1. The number of hydrogen-bond acceptors (Lipinski definition) is 5. The molecule has 1 saturated heterocycles. The Kier molecular flexibility index (Phi) is 4.26. The van der Waals surface area contributed by atoms with Crippen LogP contribution in [0, 0.1) is 6.92 Å². The molecule has 0 bridgehead atoms. The van der Waals surface area contributed by atoms with Crippen molar-refractivity contribution < 1.29 is 4.79 Å². The van der Waals surface area contributed by atoms with Gasteiger partial charge in [-0.25, -0.2) is 0 Å². The zero-order valence-electron chi connectivity index (χ0n) is 11.9. The minimum absolute atomic E-state index is 0.0127. The highest BCUT2D eigenvalue weighted by Crippen LogP contribution is 2.26. The molecule has 2 N–H and O–H groups in total. The van der Waals surface area contributed by atoms with E-state index in [2.05, 4.69) is 20.8 Å². The zero-order chi connectivity index (χ0) is 14.7. The van der Waals surface area contributed by atoms with Gasteiger partial charge in [-0.1, -0.05) is 47.6 Å². The first-order chi connectivity index (χ1) is 10.2. The van der Waals surface area contributed by atoms with Crippen molar-refractivity contribution >= 4 is 22.4 Å². The average Bonchev–Trinajstić information content (AvgIpc) is 2.97. The molecular weight excluding hydrogens is 284 g/mol. The van der Waals surface area contributed by atoms with E-state index in [1.165, 1.54) is 16.9 Å². The summed E-state index contributed by atoms with van der Waals surface area (Å²) in [5.74, 6) is -0.0127. The molecule has 0 unspecified atom stereocenters. The van der Waals surface area contributed by atoms with Crippen LogP contribution < -0.4 is 10.6 Å². The van der Waals surface area contributed by atoms with Crippen LogP contribution in [-0.2, 0) is 4.79 Å². The molecule has 3 rings (SSSR count). The van der Waals surface area contributed by atoms with Crippen molar-refractivity contribution in [2.24, 2.45) is 0 Å². The molecule has 6 heteroatoms. The molecule has 1 aliphatic rings. The largest absolute Gasteiger partial charge is 0.306 e. The van der Waals surface area contributed by atoms with Gasteiger partial charge in [-0.05, 0) is 26.3 Å². The zero-order valence-corrected chi connectivity index (χ0v) is 12.7. The average molecular weight is 302 g/mol. The molecular formula is C15H18N4OS. The molecule has 1 amide bonds. The second kappa shape index (κ2) is 6.32. The number of carbonyl (C=O) groups excluding carboxylic acids is 1. The molecule has 1 aliphatic heterocycles. The van der Waals surface area contributed by atoms with Crippen molar-refractivity contribution in [2.45, 2.75) is 32.2 Å². The Labute approximate surface area is 127 Å². The number of aryl methyl sites for hydroxylation is 1. The van der Waals surface area contributed by atoms with Crippen molar-refractivity contribution in [3.63, 3.8) is 0 Å². The number of hydrogen-bond donors (Lipinski definition) is 2. The summed E-state index contributed by atoms with van der Waals surface area (Å²) < 4.78 is 0. The molecule has 0 saturated carbocycles. The second-order valence-electron chi connectivity index (χ2n) is 5.27. The van der Waals surface area contributed by atoms with Crippen LogP contribution >= 0.6 is 11.3 Å². The Balaban J connectivity index is 1.67. The molecule has 0 spiro atoms. The summed E-state index contributed by atoms with van der Waals surface area (Å²) in [6, 6.07) is 8.02. The molecule has 1 fully saturated rings. The van der Waals surface area contributed by atoms with Gasteiger partial charge in [0.1, 0.15) is 5.01 Å². The summed E-state index contributed by atoms with van der Waals surface area (Å²) in [5, 5.41) is 15.7. The summed E-state index contributed by atoms with van der Waals surface area (Å²) in [4.78, 5) is 12.1. The van der Waals surface area contributed by atoms with E-state index in [-0.39, 0.29) is 11.9 Å². The van der Waals surface area contributed by atoms with E-state index in [0.717, 1.165) is 36.4 Å². The van der Waals surface area contributed by atoms with Crippen molar-refractivity contribution in [3.8, 4) is 10.6 Å². The normalized spacial score (nSPS) is 18.4. The van der Waals surface area contributed by atoms with Crippen LogP contribution in [0.3, 0.4) is 0 Å². The van der Waals surface area contributed by atoms with Gasteiger partial charge in [0.2, 0.25) is 11.0 Å². The fourth-order valence-corrected chi connectivity index (χ4v) is 3.11. The Bertz CT molecular complexity index is 617. The van der Waals surface area contributed by atoms with Gasteiger partial charge in [-0.3, -0.25) is 10.1 Å². The van der Waals surface area contributed by atoms with Crippen LogP contribution in [0.4, 0.5) is 5.13 Å². The van der Waals surface area contributed by atoms with Gasteiger partial charge < -0.3 is 5.32 Å². The third kappa shape index (κ3) is 3.46. The number of piperidine rings is 1. The fraction of sp³-hybridized carbons (Fsp3) is 0.400. The molecule has 110 valence electrons. The minimum Gasteiger partial charge on any atom is -0.306 e. The first-order valence-corrected chi connectivity index (χ1v) is 7.99. The van der Waals surface area contributed by atoms with E-state index in [1.54, 1.807) is 0 Å². The lowest BCUT2D eigenvalue weighted by Gasteiger charge is -2.21. The number of aromatic nitrogens is 2. The monoisotopic (exact) mass is 302 g/mol. The Morgan fingerprint density at radius 2 is 2.10 bits per heavy atom. The van der Waals surface area contributed by atoms with Crippen molar-refractivity contribution in [1.29, 1.82) is 0 Å². The molecule has 2 aromatic rings. The van der Waals surface area contributed by atoms with Gasteiger partial charge in [0, 0.05) is 5.56 Å². The highest BCUT2D eigenvalue weighted by Gasteiger charge is 2.21. The Morgan fingerprint density at radius 1 is 1.29 bits per heavy atom. The van der Waals surface area contributed by atoms with Crippen molar-refractivity contribution in [1.82, 2.24) is 15.5 Å². The van der Waals surface area contributed by atoms with E-state index in [9.17, 15) is 4.79 Å². The predicted octanol–water partition coefficient (Wildman–Crippen LogP) is 2.59. The van der Waals surface area contributed by atoms with Gasteiger partial charge in [-0.2, -0.15) is 0 Å². The molecule has 21 heavy (non-hydrogen) atoms. The van der Waals surface area contributed by atoms with Crippen LogP contribution in [-0.4, -0.2) is 28.7 Å². The molecule has 2 heterocycles. The quantitative estimate of drug-likeness (QED) is 0.914. The van der Waals surface area contributed by atoms with Crippen molar-refractivity contribution in [3.05, 3.63) is 29.8 Å². The van der Waals surface area contributed by atoms with E-state index < -0.39 is 0 Å². The number of anilines is 1. The summed E-state index contributed by atoms with van der Waals surface area (Å²) in [7, 11) is 0. The molecule has 5 nitrogen and oxygen atoms in total. The highest BCUT2D eigenvalue weighted by atomic mass is 32.1. The molecule has 1 atom stereocenters. The Morgan fingerprint density at radius 3 is 2.81 bits per heavy atom. The Hall–Kier alpha value is -1.79. The molecule has 1 aromatic heterocycles. The van der Waals surface area contributed by atoms with Crippen LogP contribution in [0.5, 0.6) is 0 Å². The molecule has 0 radical (unpaired) electrons. The first kappa shape index (κ1) is 14.2. The van der Waals surface area contributed by atoms with Crippen LogP contribution in [0.25, 0.3) is 10.6 Å². The van der Waals surface area contributed by atoms with Gasteiger partial charge in [-0.15, -0.1) is 10.2 Å². The number of carbonyl (C=O) groups is 1. The number of nitrogens with zero attached hydrogens (tertiary/aromatic N) is 2. The maximum absolute atomic E-state index is 12.1. The number of rotatable bonds is 3. The summed E-state index contributed by atoms with van der Waals surface area (Å²) in [6.07, 6.45) is 3.12. The van der Waals surface area contributed by atoms with Crippen LogP contribution in [0.2, 0.25) is 0 Å². The summed E-state index contributed by atoms with van der Waals surface area (Å²) in [5.41, 5.74) is 2.23. The second-order valence-corrected chi connectivity index (χ2v) is 6.25. The van der Waals surface area contributed by atoms with E-state index >= 15 is 0 Å². The van der Waals surface area contributed by atoms with Crippen LogP contribution in [0.1, 0.15) is 24.8 Å². The number of nitrogens with one attached hydrogen (secondary N) is 2. The highest BCUT2D eigenvalue weighted by molar-refractivity contribution is 7.18. The minimum atomic E-state index is -0.106. The van der Waals surface area contributed by atoms with Gasteiger partial charge >= 0.3 is 0 Å². The lowest BCUT2D eigenvalue weighted by molar-refractivity contribution is -0.118. The lowest BCUT2D eigenvalue weighted by Crippen LogP contribution is -2.43. The van der Waals surface area contributed by atoms with Crippen LogP contribution in [0.15, 0.2) is 24.3 Å². The fourth-order valence-electron chi connectivity index (χ4n) is 2.35. The topological polar surface area (TPSA) is 66.9 Å². The third-order valence-corrected chi connectivity index (χ3v) is 4.47. The summed E-state index contributed by atoms with van der Waals surface area (Å²) >= 11 is 1.40. The van der Waals surface area contributed by atoms with E-state index in [0.29, 0.717) is 5.13 Å². The maximum atomic E-state index is 12.1. The lowest BCUT2D eigenvalue weighted by atomic mass is 10.0. The van der Waals surface area contributed by atoms with Gasteiger partial charge in [0.15, 0.2) is 0 Å². The van der Waals surface area contributed by atoms with E-state index in [4.69, 9.17) is 0 Å². The number of benzene rings is 1. The molecule has 1 aromatic carbocycles.